The number of anilines is 1. The van der Waals surface area contributed by atoms with E-state index in [0.717, 1.165) is 5.56 Å². The van der Waals surface area contributed by atoms with Gasteiger partial charge in [0.15, 0.2) is 0 Å². The van der Waals surface area contributed by atoms with Gasteiger partial charge >= 0.3 is 0 Å². The zero-order chi connectivity index (χ0) is 12.8. The van der Waals surface area contributed by atoms with Crippen molar-refractivity contribution in [1.29, 1.82) is 0 Å². The first-order valence-corrected chi connectivity index (χ1v) is 5.35. The number of rotatable bonds is 5. The molecule has 4 nitrogen and oxygen atoms in total. The highest BCUT2D eigenvalue weighted by Gasteiger charge is 2.13. The number of hydrogen-bond acceptors (Lipinski definition) is 3. The lowest BCUT2D eigenvalue weighted by Gasteiger charge is -2.13. The number of benzene rings is 1. The van der Waals surface area contributed by atoms with Gasteiger partial charge < -0.3 is 15.8 Å². The smallest absolute Gasteiger partial charge is 0.227 e. The summed E-state index contributed by atoms with van der Waals surface area (Å²) in [4.78, 5) is 11.6. The van der Waals surface area contributed by atoms with Gasteiger partial charge in [0, 0.05) is 13.7 Å². The molecule has 0 saturated heterocycles. The summed E-state index contributed by atoms with van der Waals surface area (Å²) in [7, 11) is 1.48. The number of nitrogens with two attached hydrogens (primary N) is 1. The Kier molecular flexibility index (Phi) is 5.06. The van der Waals surface area contributed by atoms with Gasteiger partial charge in [-0.05, 0) is 24.6 Å². The molecule has 1 rings (SSSR count). The molecule has 0 spiro atoms. The minimum Gasteiger partial charge on any atom is -0.380 e. The number of nitrogens with one attached hydrogen (secondary N) is 1. The summed E-state index contributed by atoms with van der Waals surface area (Å²) in [5, 5.41) is 2.50. The van der Waals surface area contributed by atoms with Gasteiger partial charge in [0.25, 0.3) is 0 Å². The number of ether oxygens (including phenoxy) is 1. The Bertz CT molecular complexity index is 392. The van der Waals surface area contributed by atoms with Crippen molar-refractivity contribution in [3.05, 3.63) is 29.6 Å². The monoisotopic (exact) mass is 240 g/mol. The second-order valence-electron chi connectivity index (χ2n) is 3.83. The molecule has 0 saturated carbocycles. The fourth-order valence-electron chi connectivity index (χ4n) is 1.41. The molecule has 0 aliphatic heterocycles. The van der Waals surface area contributed by atoms with Crippen LogP contribution in [0.2, 0.25) is 0 Å². The largest absolute Gasteiger partial charge is 0.380 e. The lowest BCUT2D eigenvalue weighted by atomic mass is 10.2. The van der Waals surface area contributed by atoms with Gasteiger partial charge in [-0.25, -0.2) is 4.39 Å². The molecule has 1 atom stereocenters. The first-order valence-electron chi connectivity index (χ1n) is 5.35. The topological polar surface area (TPSA) is 64.3 Å². The molecule has 0 aliphatic rings. The Morgan fingerprint density at radius 1 is 1.59 bits per heavy atom. The summed E-state index contributed by atoms with van der Waals surface area (Å²) in [5.41, 5.74) is 6.46. The standard InChI is InChI=1S/C12H17FN2O2/c1-8-3-4-10(13)11(5-8)15-12(16)6-9(7-14)17-2/h3-5,9H,6-7,14H2,1-2H3,(H,15,16). The minimum atomic E-state index is -0.453. The Labute approximate surface area is 100.0 Å². The predicted molar refractivity (Wildman–Crippen MR) is 64.2 cm³/mol. The van der Waals surface area contributed by atoms with Crippen molar-refractivity contribution < 1.29 is 13.9 Å². The highest BCUT2D eigenvalue weighted by molar-refractivity contribution is 5.91. The maximum atomic E-state index is 13.4. The molecule has 0 aromatic heterocycles. The maximum absolute atomic E-state index is 13.4. The van der Waals surface area contributed by atoms with Crippen molar-refractivity contribution in [2.24, 2.45) is 5.73 Å². The highest BCUT2D eigenvalue weighted by atomic mass is 19.1. The Balaban J connectivity index is 2.64. The van der Waals surface area contributed by atoms with E-state index in [1.165, 1.54) is 13.2 Å². The molecule has 17 heavy (non-hydrogen) atoms. The maximum Gasteiger partial charge on any atom is 0.227 e. The average Bonchev–Trinajstić information content (AvgIpc) is 2.31. The van der Waals surface area contributed by atoms with E-state index >= 15 is 0 Å². The van der Waals surface area contributed by atoms with Crippen LogP contribution in [0.1, 0.15) is 12.0 Å². The third-order valence-corrected chi connectivity index (χ3v) is 2.41. The summed E-state index contributed by atoms with van der Waals surface area (Å²) in [6.45, 7) is 2.08. The van der Waals surface area contributed by atoms with Crippen LogP contribution >= 0.6 is 0 Å². The summed E-state index contributed by atoms with van der Waals surface area (Å²) >= 11 is 0. The minimum absolute atomic E-state index is 0.111. The van der Waals surface area contributed by atoms with E-state index in [0.29, 0.717) is 0 Å². The van der Waals surface area contributed by atoms with Crippen LogP contribution in [0.3, 0.4) is 0 Å². The van der Waals surface area contributed by atoms with Crippen LogP contribution in [0.4, 0.5) is 10.1 Å². The fourth-order valence-corrected chi connectivity index (χ4v) is 1.41. The SMILES string of the molecule is COC(CN)CC(=O)Nc1cc(C)ccc1F. The second-order valence-corrected chi connectivity index (χ2v) is 3.83. The van der Waals surface area contributed by atoms with Crippen LogP contribution in [-0.4, -0.2) is 25.7 Å². The first-order chi connectivity index (χ1) is 8.06. The van der Waals surface area contributed by atoms with Crippen molar-refractivity contribution in [2.75, 3.05) is 19.0 Å². The van der Waals surface area contributed by atoms with Crippen LogP contribution in [-0.2, 0) is 9.53 Å². The van der Waals surface area contributed by atoms with E-state index in [1.807, 2.05) is 6.92 Å². The van der Waals surface area contributed by atoms with Crippen molar-refractivity contribution in [2.45, 2.75) is 19.4 Å². The average molecular weight is 240 g/mol. The molecule has 1 aromatic rings. The Hall–Kier alpha value is -1.46. The summed E-state index contributed by atoms with van der Waals surface area (Å²) < 4.78 is 18.3. The van der Waals surface area contributed by atoms with Crippen molar-refractivity contribution in [1.82, 2.24) is 0 Å². The number of carbonyl (C=O) groups is 1. The van der Waals surface area contributed by atoms with Gasteiger partial charge in [0.2, 0.25) is 5.91 Å². The second kappa shape index (κ2) is 6.32. The van der Waals surface area contributed by atoms with Crippen LogP contribution in [0.15, 0.2) is 18.2 Å². The molecule has 0 heterocycles. The molecule has 0 fully saturated rings. The quantitative estimate of drug-likeness (QED) is 0.818. The Morgan fingerprint density at radius 2 is 2.29 bits per heavy atom. The Morgan fingerprint density at radius 3 is 2.88 bits per heavy atom. The zero-order valence-corrected chi connectivity index (χ0v) is 10.00. The molecule has 1 unspecified atom stereocenters. The molecule has 0 bridgehead atoms. The van der Waals surface area contributed by atoms with Crippen molar-refractivity contribution in [3.8, 4) is 0 Å². The first kappa shape index (κ1) is 13.6. The molecule has 5 heteroatoms. The molecule has 1 aromatic carbocycles. The molecule has 0 aliphatic carbocycles. The van der Waals surface area contributed by atoms with E-state index < -0.39 is 5.82 Å². The third-order valence-electron chi connectivity index (χ3n) is 2.41. The lowest BCUT2D eigenvalue weighted by Crippen LogP contribution is -2.28. The number of amides is 1. The normalized spacial score (nSPS) is 12.2. The van der Waals surface area contributed by atoms with E-state index in [-0.39, 0.29) is 30.7 Å². The number of carbonyl (C=O) groups excluding carboxylic acids is 1. The molecule has 1 amide bonds. The van der Waals surface area contributed by atoms with Gasteiger partial charge in [-0.3, -0.25) is 4.79 Å². The zero-order valence-electron chi connectivity index (χ0n) is 10.00. The molecular weight excluding hydrogens is 223 g/mol. The van der Waals surface area contributed by atoms with Gasteiger partial charge in [-0.15, -0.1) is 0 Å². The molecule has 94 valence electrons. The number of methoxy groups -OCH3 is 1. The predicted octanol–water partition coefficient (Wildman–Crippen LogP) is 1.44. The fraction of sp³-hybridized carbons (Fsp3) is 0.417. The number of hydrogen-bond donors (Lipinski definition) is 2. The highest BCUT2D eigenvalue weighted by Crippen LogP contribution is 2.16. The van der Waals surface area contributed by atoms with Gasteiger partial charge in [0.05, 0.1) is 18.2 Å². The van der Waals surface area contributed by atoms with E-state index in [2.05, 4.69) is 5.32 Å². The number of halogens is 1. The summed E-state index contributed by atoms with van der Waals surface area (Å²) in [6, 6.07) is 4.54. The van der Waals surface area contributed by atoms with Crippen LogP contribution in [0, 0.1) is 12.7 Å². The van der Waals surface area contributed by atoms with Gasteiger partial charge in [-0.2, -0.15) is 0 Å². The third kappa shape index (κ3) is 4.13. The van der Waals surface area contributed by atoms with E-state index in [4.69, 9.17) is 10.5 Å². The number of aryl methyl sites for hydroxylation is 1. The van der Waals surface area contributed by atoms with Crippen LogP contribution in [0.5, 0.6) is 0 Å². The lowest BCUT2D eigenvalue weighted by molar-refractivity contribution is -0.118. The molecule has 0 radical (unpaired) electrons. The molecule has 3 N–H and O–H groups in total. The molecular formula is C12H17FN2O2. The van der Waals surface area contributed by atoms with Crippen LogP contribution < -0.4 is 11.1 Å². The van der Waals surface area contributed by atoms with Crippen LogP contribution in [0.25, 0.3) is 0 Å². The van der Waals surface area contributed by atoms with Gasteiger partial charge in [-0.1, -0.05) is 6.07 Å². The van der Waals surface area contributed by atoms with Crippen molar-refractivity contribution >= 4 is 11.6 Å². The van der Waals surface area contributed by atoms with E-state index in [9.17, 15) is 9.18 Å². The van der Waals surface area contributed by atoms with Gasteiger partial charge in [0.1, 0.15) is 5.82 Å². The summed E-state index contributed by atoms with van der Waals surface area (Å²) in [5.74, 6) is -0.766. The summed E-state index contributed by atoms with van der Waals surface area (Å²) in [6.07, 6.45) is -0.233. The van der Waals surface area contributed by atoms with Crippen molar-refractivity contribution in [3.63, 3.8) is 0 Å². The van der Waals surface area contributed by atoms with E-state index in [1.54, 1.807) is 12.1 Å².